The van der Waals surface area contributed by atoms with Crippen molar-refractivity contribution in [3.05, 3.63) is 59.7 Å². The summed E-state index contributed by atoms with van der Waals surface area (Å²) in [5.41, 5.74) is 4.76. The standard InChI is InChI=1S/C28H34N2O5/c1-19(12-13-26(31)30-16-6-7-20(30)17-27(32)33)14-15-29-28(34)35-18-25-23-10-4-2-8-21(23)22-9-3-5-11-24(22)25/h2-5,8-11,19-20,25H,6-7,12-18H2,1H3,(H,29,34)(H,32,33). The highest BCUT2D eigenvalue weighted by Crippen LogP contribution is 2.44. The van der Waals surface area contributed by atoms with Crippen LogP contribution in [0.4, 0.5) is 4.79 Å². The van der Waals surface area contributed by atoms with Gasteiger partial charge in [-0.25, -0.2) is 4.79 Å². The molecule has 1 fully saturated rings. The van der Waals surface area contributed by atoms with Crippen LogP contribution in [0.3, 0.4) is 0 Å². The average molecular weight is 479 g/mol. The maximum absolute atomic E-state index is 12.6. The van der Waals surface area contributed by atoms with Gasteiger partial charge in [0.2, 0.25) is 5.91 Å². The second-order valence-corrected chi connectivity index (χ2v) is 9.67. The molecule has 2 aromatic carbocycles. The van der Waals surface area contributed by atoms with Crippen molar-refractivity contribution in [1.29, 1.82) is 0 Å². The van der Waals surface area contributed by atoms with E-state index in [4.69, 9.17) is 9.84 Å². The number of carboxylic acids is 1. The Labute approximate surface area is 206 Å². The van der Waals surface area contributed by atoms with Gasteiger partial charge in [0, 0.05) is 31.5 Å². The van der Waals surface area contributed by atoms with E-state index in [9.17, 15) is 14.4 Å². The summed E-state index contributed by atoms with van der Waals surface area (Å²) in [5, 5.41) is 11.9. The highest BCUT2D eigenvalue weighted by Gasteiger charge is 2.30. The normalized spacial score (nSPS) is 17.5. The number of aliphatic carboxylic acids is 1. The van der Waals surface area contributed by atoms with Crippen LogP contribution in [-0.4, -0.2) is 53.7 Å². The van der Waals surface area contributed by atoms with Crippen molar-refractivity contribution in [1.82, 2.24) is 10.2 Å². The third-order valence-corrected chi connectivity index (χ3v) is 7.21. The number of nitrogens with one attached hydrogen (secondary N) is 1. The van der Waals surface area contributed by atoms with Gasteiger partial charge in [-0.2, -0.15) is 0 Å². The summed E-state index contributed by atoms with van der Waals surface area (Å²) >= 11 is 0. The minimum absolute atomic E-state index is 0.0192. The van der Waals surface area contributed by atoms with Crippen molar-refractivity contribution in [2.75, 3.05) is 19.7 Å². The predicted octanol–water partition coefficient (Wildman–Crippen LogP) is 4.80. The topological polar surface area (TPSA) is 95.9 Å². The van der Waals surface area contributed by atoms with Crippen LogP contribution in [0.25, 0.3) is 11.1 Å². The molecule has 2 unspecified atom stereocenters. The van der Waals surface area contributed by atoms with Crippen LogP contribution in [0.2, 0.25) is 0 Å². The van der Waals surface area contributed by atoms with E-state index in [1.54, 1.807) is 4.90 Å². The fourth-order valence-corrected chi connectivity index (χ4v) is 5.31. The molecule has 35 heavy (non-hydrogen) atoms. The van der Waals surface area contributed by atoms with Crippen LogP contribution in [-0.2, 0) is 14.3 Å². The van der Waals surface area contributed by atoms with E-state index in [1.165, 1.54) is 22.3 Å². The highest BCUT2D eigenvalue weighted by atomic mass is 16.5. The number of hydrogen-bond donors (Lipinski definition) is 2. The summed E-state index contributed by atoms with van der Waals surface area (Å²) in [7, 11) is 0. The molecule has 1 aliphatic heterocycles. The number of hydrogen-bond acceptors (Lipinski definition) is 4. The molecule has 0 aromatic heterocycles. The van der Waals surface area contributed by atoms with Gasteiger partial charge in [0.15, 0.2) is 0 Å². The van der Waals surface area contributed by atoms with Crippen LogP contribution in [0.15, 0.2) is 48.5 Å². The first-order valence-electron chi connectivity index (χ1n) is 12.5. The lowest BCUT2D eigenvalue weighted by Gasteiger charge is -2.24. The molecule has 186 valence electrons. The van der Waals surface area contributed by atoms with Crippen molar-refractivity contribution in [2.24, 2.45) is 5.92 Å². The molecule has 1 saturated heterocycles. The zero-order chi connectivity index (χ0) is 24.8. The average Bonchev–Trinajstić information content (AvgIpc) is 3.43. The van der Waals surface area contributed by atoms with Crippen molar-refractivity contribution < 1.29 is 24.2 Å². The van der Waals surface area contributed by atoms with E-state index in [1.807, 2.05) is 24.3 Å². The summed E-state index contributed by atoms with van der Waals surface area (Å²) in [5.74, 6) is -0.533. The van der Waals surface area contributed by atoms with Crippen LogP contribution in [0, 0.1) is 5.92 Å². The number of carboxylic acid groups (broad SMARTS) is 1. The number of likely N-dealkylation sites (tertiary alicyclic amines) is 1. The smallest absolute Gasteiger partial charge is 0.407 e. The first kappa shape index (κ1) is 24.8. The van der Waals surface area contributed by atoms with Crippen LogP contribution in [0.1, 0.15) is 62.5 Å². The molecule has 0 radical (unpaired) electrons. The van der Waals surface area contributed by atoms with Gasteiger partial charge in [-0.05, 0) is 53.9 Å². The number of nitrogens with zero attached hydrogens (tertiary/aromatic N) is 1. The monoisotopic (exact) mass is 478 g/mol. The minimum Gasteiger partial charge on any atom is -0.481 e. The Hall–Kier alpha value is -3.35. The number of fused-ring (bicyclic) bond motifs is 3. The summed E-state index contributed by atoms with van der Waals surface area (Å²) in [6.07, 6.45) is 3.08. The van der Waals surface area contributed by atoms with E-state index in [0.29, 0.717) is 25.9 Å². The molecule has 2 atom stereocenters. The molecule has 0 saturated carbocycles. The Morgan fingerprint density at radius 2 is 1.71 bits per heavy atom. The Morgan fingerprint density at radius 3 is 2.37 bits per heavy atom. The highest BCUT2D eigenvalue weighted by molar-refractivity contribution is 5.79. The molecule has 7 nitrogen and oxygen atoms in total. The van der Waals surface area contributed by atoms with Gasteiger partial charge in [-0.1, -0.05) is 55.5 Å². The number of rotatable bonds is 10. The molecule has 2 N–H and O–H groups in total. The summed E-state index contributed by atoms with van der Waals surface area (Å²) in [4.78, 5) is 37.6. The van der Waals surface area contributed by atoms with E-state index < -0.39 is 12.1 Å². The zero-order valence-corrected chi connectivity index (χ0v) is 20.2. The largest absolute Gasteiger partial charge is 0.481 e. The predicted molar refractivity (Wildman–Crippen MR) is 133 cm³/mol. The molecule has 4 rings (SSSR count). The lowest BCUT2D eigenvalue weighted by molar-refractivity contribution is -0.140. The third-order valence-electron chi connectivity index (χ3n) is 7.21. The van der Waals surface area contributed by atoms with E-state index in [2.05, 4.69) is 36.5 Å². The molecule has 0 bridgehead atoms. The molecule has 7 heteroatoms. The first-order chi connectivity index (χ1) is 16.9. The van der Waals surface area contributed by atoms with Gasteiger partial charge in [0.1, 0.15) is 6.61 Å². The Kier molecular flexibility index (Phi) is 8.06. The molecular weight excluding hydrogens is 444 g/mol. The van der Waals surface area contributed by atoms with Gasteiger partial charge in [0.25, 0.3) is 0 Å². The molecule has 2 aromatic rings. The molecule has 0 spiro atoms. The number of amides is 2. The molecule has 2 amide bonds. The summed E-state index contributed by atoms with van der Waals surface area (Å²) < 4.78 is 5.57. The van der Waals surface area contributed by atoms with Gasteiger partial charge >= 0.3 is 12.1 Å². The SMILES string of the molecule is CC(CCNC(=O)OCC1c2ccccc2-c2ccccc21)CCC(=O)N1CCCC1CC(=O)O. The summed E-state index contributed by atoms with van der Waals surface area (Å²) in [6.45, 7) is 3.48. The van der Waals surface area contributed by atoms with Gasteiger partial charge in [0.05, 0.1) is 6.42 Å². The number of carbonyl (C=O) groups is 3. The molecule has 1 heterocycles. The van der Waals surface area contributed by atoms with Crippen molar-refractivity contribution in [3.8, 4) is 11.1 Å². The first-order valence-corrected chi connectivity index (χ1v) is 12.5. The number of alkyl carbamates (subject to hydrolysis) is 1. The second-order valence-electron chi connectivity index (χ2n) is 9.67. The van der Waals surface area contributed by atoms with Crippen LogP contribution < -0.4 is 5.32 Å². The Bertz CT molecular complexity index is 1020. The van der Waals surface area contributed by atoms with Gasteiger partial charge < -0.3 is 20.1 Å². The number of carbonyl (C=O) groups excluding carboxylic acids is 2. The van der Waals surface area contributed by atoms with Crippen molar-refractivity contribution in [3.63, 3.8) is 0 Å². The van der Waals surface area contributed by atoms with E-state index in [-0.39, 0.29) is 36.8 Å². The van der Waals surface area contributed by atoms with E-state index in [0.717, 1.165) is 19.3 Å². The molecule has 1 aliphatic carbocycles. The molecular formula is C28H34N2O5. The summed E-state index contributed by atoms with van der Waals surface area (Å²) in [6, 6.07) is 16.3. The Balaban J connectivity index is 1.17. The fourth-order valence-electron chi connectivity index (χ4n) is 5.31. The van der Waals surface area contributed by atoms with Crippen LogP contribution in [0.5, 0.6) is 0 Å². The van der Waals surface area contributed by atoms with Crippen molar-refractivity contribution >= 4 is 18.0 Å². The minimum atomic E-state index is -0.859. The lowest BCUT2D eigenvalue weighted by atomic mass is 9.98. The fraction of sp³-hybridized carbons (Fsp3) is 0.464. The maximum Gasteiger partial charge on any atom is 0.407 e. The van der Waals surface area contributed by atoms with Gasteiger partial charge in [-0.3, -0.25) is 9.59 Å². The van der Waals surface area contributed by atoms with Crippen molar-refractivity contribution in [2.45, 2.75) is 57.4 Å². The lowest BCUT2D eigenvalue weighted by Crippen LogP contribution is -2.37. The third kappa shape index (κ3) is 6.02. The van der Waals surface area contributed by atoms with E-state index >= 15 is 0 Å². The maximum atomic E-state index is 12.6. The number of ether oxygens (including phenoxy) is 1. The zero-order valence-electron chi connectivity index (χ0n) is 20.2. The number of benzene rings is 2. The Morgan fingerprint density at radius 1 is 1.06 bits per heavy atom. The molecule has 2 aliphatic rings. The second kappa shape index (κ2) is 11.4. The van der Waals surface area contributed by atoms with Crippen LogP contribution >= 0.6 is 0 Å². The van der Waals surface area contributed by atoms with Gasteiger partial charge in [-0.15, -0.1) is 0 Å². The quantitative estimate of drug-likeness (QED) is 0.512.